The fourth-order valence-electron chi connectivity index (χ4n) is 3.30. The maximum Gasteiger partial charge on any atom is 0.270 e. The van der Waals surface area contributed by atoms with E-state index >= 15 is 0 Å². The van der Waals surface area contributed by atoms with Gasteiger partial charge in [-0.1, -0.05) is 6.07 Å². The molecule has 2 aromatic rings. The predicted molar refractivity (Wildman–Crippen MR) is 113 cm³/mol. The number of hydrogen-bond acceptors (Lipinski definition) is 8. The molecule has 1 atom stereocenters. The maximum atomic E-state index is 13.5. The molecule has 1 fully saturated rings. The molecule has 11 heteroatoms. The highest BCUT2D eigenvalue weighted by Crippen LogP contribution is 2.48. The number of aryl methyl sites for hydroxylation is 1. The summed E-state index contributed by atoms with van der Waals surface area (Å²) in [6, 6.07) is 7.19. The molecule has 1 saturated heterocycles. The molecule has 2 aromatic carbocycles. The van der Waals surface area contributed by atoms with Gasteiger partial charge >= 0.3 is 0 Å². The van der Waals surface area contributed by atoms with Gasteiger partial charge in [0.1, 0.15) is 5.75 Å². The summed E-state index contributed by atoms with van der Waals surface area (Å²) in [6.07, 6.45) is 0. The highest BCUT2D eigenvalue weighted by Gasteiger charge is 2.40. The van der Waals surface area contributed by atoms with E-state index in [0.717, 1.165) is 6.07 Å². The van der Waals surface area contributed by atoms with E-state index in [-0.39, 0.29) is 17.1 Å². The number of rotatable bonds is 7. The van der Waals surface area contributed by atoms with Gasteiger partial charge in [-0.25, -0.2) is 8.42 Å². The zero-order valence-corrected chi connectivity index (χ0v) is 18.6. The van der Waals surface area contributed by atoms with E-state index in [1.54, 1.807) is 19.1 Å². The van der Waals surface area contributed by atoms with Crippen molar-refractivity contribution in [2.24, 2.45) is 0 Å². The molecule has 30 heavy (non-hydrogen) atoms. The van der Waals surface area contributed by atoms with Crippen LogP contribution in [0.4, 0.5) is 5.69 Å². The van der Waals surface area contributed by atoms with Gasteiger partial charge in [-0.2, -0.15) is 4.31 Å². The van der Waals surface area contributed by atoms with E-state index in [4.69, 9.17) is 14.2 Å². The van der Waals surface area contributed by atoms with Crippen LogP contribution in [0, 0.1) is 17.0 Å². The minimum Gasteiger partial charge on any atom is -0.496 e. The molecule has 0 aromatic heterocycles. The SMILES string of the molecule is COc1cc(OC)c(C2SCCN2S(=O)(=O)c2cc([N+](=O)[O-])ccc2C)cc1OC. The van der Waals surface area contributed by atoms with Crippen molar-refractivity contribution >= 4 is 27.5 Å². The van der Waals surface area contributed by atoms with Crippen molar-refractivity contribution < 1.29 is 27.6 Å². The van der Waals surface area contributed by atoms with Gasteiger partial charge in [0.05, 0.1) is 36.5 Å². The summed E-state index contributed by atoms with van der Waals surface area (Å²) >= 11 is 1.44. The van der Waals surface area contributed by atoms with Gasteiger partial charge in [0, 0.05) is 36.1 Å². The van der Waals surface area contributed by atoms with Gasteiger partial charge < -0.3 is 14.2 Å². The maximum absolute atomic E-state index is 13.5. The number of nitrogens with zero attached hydrogens (tertiary/aromatic N) is 2. The fraction of sp³-hybridized carbons (Fsp3) is 0.368. The van der Waals surface area contributed by atoms with E-state index in [0.29, 0.717) is 34.1 Å². The standard InChI is InChI=1S/C19H22N2O7S2/c1-12-5-6-13(21(22)23)9-18(12)30(24,25)20-7-8-29-19(20)14-10-16(27-3)17(28-4)11-15(14)26-2/h5-6,9-11,19H,7-8H2,1-4H3. The molecule has 0 radical (unpaired) electrons. The fourth-order valence-corrected chi connectivity index (χ4v) is 6.79. The summed E-state index contributed by atoms with van der Waals surface area (Å²) in [5, 5.41) is 10.6. The molecule has 0 N–H and O–H groups in total. The number of nitro groups is 1. The van der Waals surface area contributed by atoms with Gasteiger partial charge in [-0.15, -0.1) is 11.8 Å². The first-order chi connectivity index (χ1) is 14.2. The van der Waals surface area contributed by atoms with Crippen molar-refractivity contribution in [1.82, 2.24) is 4.31 Å². The van der Waals surface area contributed by atoms with Gasteiger partial charge in [0.2, 0.25) is 10.0 Å². The number of nitro benzene ring substituents is 1. The second-order valence-corrected chi connectivity index (χ2v) is 9.54. The summed E-state index contributed by atoms with van der Waals surface area (Å²) in [5.41, 5.74) is 0.783. The molecule has 162 valence electrons. The normalized spacial score (nSPS) is 17.0. The van der Waals surface area contributed by atoms with Crippen LogP contribution in [0.3, 0.4) is 0 Å². The zero-order valence-electron chi connectivity index (χ0n) is 16.9. The number of thioether (sulfide) groups is 1. The molecule has 3 rings (SSSR count). The van der Waals surface area contributed by atoms with Gasteiger partial charge in [0.15, 0.2) is 11.5 Å². The summed E-state index contributed by atoms with van der Waals surface area (Å²) in [6.45, 7) is 1.88. The second kappa shape index (κ2) is 8.70. The molecule has 1 aliphatic heterocycles. The van der Waals surface area contributed by atoms with Crippen LogP contribution in [-0.2, 0) is 10.0 Å². The van der Waals surface area contributed by atoms with Crippen molar-refractivity contribution in [2.45, 2.75) is 17.2 Å². The Morgan fingerprint density at radius 1 is 1.07 bits per heavy atom. The van der Waals surface area contributed by atoms with Crippen LogP contribution < -0.4 is 14.2 Å². The van der Waals surface area contributed by atoms with Crippen LogP contribution in [0.25, 0.3) is 0 Å². The van der Waals surface area contributed by atoms with Crippen LogP contribution in [-0.4, -0.2) is 51.3 Å². The lowest BCUT2D eigenvalue weighted by Crippen LogP contribution is -2.31. The average Bonchev–Trinajstić information content (AvgIpc) is 3.23. The Balaban J connectivity index is 2.10. The van der Waals surface area contributed by atoms with Gasteiger partial charge in [-0.05, 0) is 18.6 Å². The van der Waals surface area contributed by atoms with Gasteiger partial charge in [0.25, 0.3) is 5.69 Å². The molecule has 0 amide bonds. The van der Waals surface area contributed by atoms with E-state index in [1.165, 1.54) is 49.5 Å². The summed E-state index contributed by atoms with van der Waals surface area (Å²) in [7, 11) is 0.491. The highest BCUT2D eigenvalue weighted by atomic mass is 32.2. The Morgan fingerprint density at radius 2 is 1.70 bits per heavy atom. The van der Waals surface area contributed by atoms with Crippen LogP contribution in [0.1, 0.15) is 16.5 Å². The number of methoxy groups -OCH3 is 3. The minimum atomic E-state index is -4.00. The first-order valence-corrected chi connectivity index (χ1v) is 11.4. The van der Waals surface area contributed by atoms with Crippen molar-refractivity contribution in [3.05, 3.63) is 51.6 Å². The van der Waals surface area contributed by atoms with Crippen LogP contribution >= 0.6 is 11.8 Å². The van der Waals surface area contributed by atoms with Crippen molar-refractivity contribution in [2.75, 3.05) is 33.6 Å². The first-order valence-electron chi connectivity index (χ1n) is 8.93. The molecular formula is C19H22N2O7S2. The van der Waals surface area contributed by atoms with Crippen LogP contribution in [0.15, 0.2) is 35.2 Å². The highest BCUT2D eigenvalue weighted by molar-refractivity contribution is 8.01. The Hall–Kier alpha value is -2.50. The number of ether oxygens (including phenoxy) is 3. The lowest BCUT2D eigenvalue weighted by molar-refractivity contribution is -0.385. The lowest BCUT2D eigenvalue weighted by Gasteiger charge is -2.26. The van der Waals surface area contributed by atoms with Crippen molar-refractivity contribution in [1.29, 1.82) is 0 Å². The monoisotopic (exact) mass is 454 g/mol. The second-order valence-electron chi connectivity index (χ2n) is 6.49. The van der Waals surface area contributed by atoms with Crippen LogP contribution in [0.5, 0.6) is 17.2 Å². The Morgan fingerprint density at radius 3 is 2.30 bits per heavy atom. The summed E-state index contributed by atoms with van der Waals surface area (Å²) < 4.78 is 44.5. The van der Waals surface area contributed by atoms with Crippen molar-refractivity contribution in [3.8, 4) is 17.2 Å². The first kappa shape index (κ1) is 22.2. The number of hydrogen-bond donors (Lipinski definition) is 0. The van der Waals surface area contributed by atoms with E-state index < -0.39 is 20.3 Å². The lowest BCUT2D eigenvalue weighted by atomic mass is 10.1. The molecule has 0 spiro atoms. The van der Waals surface area contributed by atoms with Crippen LogP contribution in [0.2, 0.25) is 0 Å². The van der Waals surface area contributed by atoms with E-state index in [9.17, 15) is 18.5 Å². The third-order valence-electron chi connectivity index (χ3n) is 4.82. The molecule has 0 saturated carbocycles. The molecule has 1 unspecified atom stereocenters. The quantitative estimate of drug-likeness (QED) is 0.463. The molecular weight excluding hydrogens is 432 g/mol. The molecule has 1 heterocycles. The largest absolute Gasteiger partial charge is 0.496 e. The Kier molecular flexibility index (Phi) is 6.44. The molecule has 9 nitrogen and oxygen atoms in total. The van der Waals surface area contributed by atoms with Crippen molar-refractivity contribution in [3.63, 3.8) is 0 Å². The predicted octanol–water partition coefficient (Wildman–Crippen LogP) is 3.37. The van der Waals surface area contributed by atoms with E-state index in [2.05, 4.69) is 0 Å². The number of non-ortho nitro benzene ring substituents is 1. The minimum absolute atomic E-state index is 0.0800. The number of sulfonamides is 1. The van der Waals surface area contributed by atoms with Gasteiger partial charge in [-0.3, -0.25) is 10.1 Å². The summed E-state index contributed by atoms with van der Waals surface area (Å²) in [5.74, 6) is 1.94. The molecule has 1 aliphatic rings. The average molecular weight is 455 g/mol. The number of benzene rings is 2. The van der Waals surface area contributed by atoms with E-state index in [1.807, 2.05) is 0 Å². The molecule has 0 aliphatic carbocycles. The smallest absolute Gasteiger partial charge is 0.270 e. The topological polar surface area (TPSA) is 108 Å². The zero-order chi connectivity index (χ0) is 22.1. The third kappa shape index (κ3) is 3.92. The molecule has 0 bridgehead atoms. The third-order valence-corrected chi connectivity index (χ3v) is 8.20. The Labute approximate surface area is 179 Å². The summed E-state index contributed by atoms with van der Waals surface area (Å²) in [4.78, 5) is 10.5. The Bertz CT molecular complexity index is 1070.